The minimum atomic E-state index is -4.82. The molecule has 8 heteroatoms. The number of nitrogens with one attached hydrogen (secondary N) is 2. The monoisotopic (exact) mass is 294 g/mol. The van der Waals surface area contributed by atoms with Crippen molar-refractivity contribution in [3.8, 4) is 0 Å². The number of anilines is 1. The van der Waals surface area contributed by atoms with E-state index in [9.17, 15) is 18.0 Å². The van der Waals surface area contributed by atoms with Gasteiger partial charge in [-0.05, 0) is 18.2 Å². The molecular weight excluding hydrogens is 285 g/mol. The summed E-state index contributed by atoms with van der Waals surface area (Å²) < 4.78 is 39.0. The fraction of sp³-hybridized carbons (Fsp3) is 0.0769. The summed E-state index contributed by atoms with van der Waals surface area (Å²) in [4.78, 5) is 18.5. The number of nitrogens with zero attached hydrogens (tertiary/aromatic N) is 2. The molecule has 0 fully saturated rings. The van der Waals surface area contributed by atoms with E-state index >= 15 is 0 Å². The van der Waals surface area contributed by atoms with Crippen LogP contribution in [0.3, 0.4) is 0 Å². The maximum absolute atomic E-state index is 13.0. The number of aldehydes is 1. The molecule has 5 nitrogen and oxygen atoms in total. The molecule has 2 N–H and O–H groups in total. The van der Waals surface area contributed by atoms with Crippen molar-refractivity contribution in [1.29, 1.82) is 5.41 Å². The largest absolute Gasteiger partial charge is 0.432 e. The Morgan fingerprint density at radius 3 is 2.62 bits per heavy atom. The molecule has 0 unspecified atom stereocenters. The van der Waals surface area contributed by atoms with Gasteiger partial charge in [0.25, 0.3) is 0 Å². The number of alkyl halides is 3. The maximum atomic E-state index is 13.0. The number of fused-ring (bicyclic) bond motifs is 1. The summed E-state index contributed by atoms with van der Waals surface area (Å²) in [6, 6.07) is 4.66. The van der Waals surface area contributed by atoms with E-state index in [0.29, 0.717) is 17.1 Å². The van der Waals surface area contributed by atoms with E-state index in [0.717, 1.165) is 0 Å². The predicted molar refractivity (Wildman–Crippen MR) is 71.1 cm³/mol. The fourth-order valence-corrected chi connectivity index (χ4v) is 1.69. The number of rotatable bonds is 4. The van der Waals surface area contributed by atoms with Gasteiger partial charge in [0, 0.05) is 24.0 Å². The van der Waals surface area contributed by atoms with E-state index < -0.39 is 17.4 Å². The second-order valence-electron chi connectivity index (χ2n) is 3.94. The van der Waals surface area contributed by atoms with Gasteiger partial charge < -0.3 is 10.7 Å². The molecule has 2 heterocycles. The molecule has 0 amide bonds. The van der Waals surface area contributed by atoms with Gasteiger partial charge in [-0.25, -0.2) is 4.98 Å². The predicted octanol–water partition coefficient (Wildman–Crippen LogP) is 2.71. The maximum Gasteiger partial charge on any atom is 0.432 e. The molecule has 0 atom stereocenters. The zero-order valence-corrected chi connectivity index (χ0v) is 10.5. The molecule has 2 rings (SSSR count). The van der Waals surface area contributed by atoms with Crippen molar-refractivity contribution in [3.63, 3.8) is 0 Å². The third-order valence-electron chi connectivity index (χ3n) is 2.63. The lowest BCUT2D eigenvalue weighted by atomic mass is 10.2. The molecular formula is C13H9F3N4O. The van der Waals surface area contributed by atoms with E-state index in [-0.39, 0.29) is 12.1 Å². The minimum Gasteiger partial charge on any atom is -0.335 e. The Labute approximate surface area is 117 Å². The lowest BCUT2D eigenvalue weighted by Gasteiger charge is -2.15. The van der Waals surface area contributed by atoms with E-state index in [1.54, 1.807) is 18.2 Å². The highest BCUT2D eigenvalue weighted by molar-refractivity contribution is 6.02. The molecule has 0 saturated carbocycles. The van der Waals surface area contributed by atoms with Crippen molar-refractivity contribution in [2.24, 2.45) is 0 Å². The summed E-state index contributed by atoms with van der Waals surface area (Å²) in [6.45, 7) is 0. The Balaban J connectivity index is 2.57. The second kappa shape index (κ2) is 5.70. The zero-order valence-electron chi connectivity index (χ0n) is 10.5. The SMILES string of the molecule is N=C/C(C=O)=C(\Nc1nccc2ncccc12)C(F)(F)F. The zero-order chi connectivity index (χ0) is 15.5. The van der Waals surface area contributed by atoms with Gasteiger partial charge in [0.05, 0.1) is 11.1 Å². The van der Waals surface area contributed by atoms with Crippen LogP contribution in [0.5, 0.6) is 0 Å². The van der Waals surface area contributed by atoms with E-state index in [1.807, 2.05) is 0 Å². The van der Waals surface area contributed by atoms with Gasteiger partial charge in [0.2, 0.25) is 0 Å². The lowest BCUT2D eigenvalue weighted by Crippen LogP contribution is -2.23. The van der Waals surface area contributed by atoms with Crippen molar-refractivity contribution in [2.75, 3.05) is 5.32 Å². The molecule has 0 aromatic carbocycles. The Bertz CT molecular complexity index is 709. The molecule has 0 bridgehead atoms. The van der Waals surface area contributed by atoms with Crippen LogP contribution in [-0.4, -0.2) is 28.6 Å². The smallest absolute Gasteiger partial charge is 0.335 e. The molecule has 0 saturated heterocycles. The number of hydrogen-bond donors (Lipinski definition) is 2. The van der Waals surface area contributed by atoms with Crippen LogP contribution in [0, 0.1) is 5.41 Å². The molecule has 0 aliphatic carbocycles. The third kappa shape index (κ3) is 3.04. The molecule has 2 aromatic rings. The van der Waals surface area contributed by atoms with Gasteiger partial charge in [-0.3, -0.25) is 9.78 Å². The average Bonchev–Trinajstić information content (AvgIpc) is 2.46. The number of pyridine rings is 2. The van der Waals surface area contributed by atoms with Crippen molar-refractivity contribution < 1.29 is 18.0 Å². The van der Waals surface area contributed by atoms with Gasteiger partial charge in [-0.15, -0.1) is 0 Å². The molecule has 2 aromatic heterocycles. The number of carbonyl (C=O) groups is 1. The summed E-state index contributed by atoms with van der Waals surface area (Å²) in [5.74, 6) is -0.0888. The molecule has 108 valence electrons. The second-order valence-corrected chi connectivity index (χ2v) is 3.94. The lowest BCUT2D eigenvalue weighted by molar-refractivity contribution is -0.106. The van der Waals surface area contributed by atoms with Gasteiger partial charge in [-0.1, -0.05) is 0 Å². The molecule has 0 aliphatic heterocycles. The molecule has 0 aliphatic rings. The highest BCUT2D eigenvalue weighted by atomic mass is 19.4. The Hall–Kier alpha value is -2.77. The van der Waals surface area contributed by atoms with E-state index in [1.165, 1.54) is 12.4 Å². The molecule has 0 radical (unpaired) electrons. The average molecular weight is 294 g/mol. The molecule has 21 heavy (non-hydrogen) atoms. The van der Waals surface area contributed by atoms with Crippen LogP contribution < -0.4 is 5.32 Å². The summed E-state index contributed by atoms with van der Waals surface area (Å²) in [5.41, 5.74) is -1.69. The first-order chi connectivity index (χ1) is 9.97. The van der Waals surface area contributed by atoms with Crippen LogP contribution >= 0.6 is 0 Å². The quantitative estimate of drug-likeness (QED) is 0.516. The van der Waals surface area contributed by atoms with E-state index in [4.69, 9.17) is 5.41 Å². The van der Waals surface area contributed by atoms with Crippen LogP contribution in [0.25, 0.3) is 10.9 Å². The highest BCUT2D eigenvalue weighted by Gasteiger charge is 2.37. The van der Waals surface area contributed by atoms with Crippen LogP contribution in [0.1, 0.15) is 0 Å². The standard InChI is InChI=1S/C13H9F3N4O/c14-13(15,16)11(8(6-17)7-21)20-12-9-2-1-4-18-10(9)3-5-19-12/h1-7,17H,(H,19,20)/b11-8+,17-6?. The van der Waals surface area contributed by atoms with Gasteiger partial charge in [0.1, 0.15) is 11.5 Å². The van der Waals surface area contributed by atoms with E-state index in [2.05, 4.69) is 15.3 Å². The first-order valence-corrected chi connectivity index (χ1v) is 5.71. The van der Waals surface area contributed by atoms with Crippen LogP contribution in [0.15, 0.2) is 41.9 Å². The van der Waals surface area contributed by atoms with Crippen molar-refractivity contribution >= 4 is 29.2 Å². The van der Waals surface area contributed by atoms with Crippen molar-refractivity contribution in [3.05, 3.63) is 41.9 Å². The third-order valence-corrected chi connectivity index (χ3v) is 2.63. The Kier molecular flexibility index (Phi) is 3.97. The van der Waals surface area contributed by atoms with Crippen LogP contribution in [0.4, 0.5) is 19.0 Å². The Morgan fingerprint density at radius 1 is 1.24 bits per heavy atom. The number of aromatic nitrogens is 2. The summed E-state index contributed by atoms with van der Waals surface area (Å²) in [5, 5.41) is 9.37. The van der Waals surface area contributed by atoms with Crippen molar-refractivity contribution in [1.82, 2.24) is 9.97 Å². The van der Waals surface area contributed by atoms with Gasteiger partial charge in [-0.2, -0.15) is 13.2 Å². The normalized spacial score (nSPS) is 12.7. The number of allylic oxidation sites excluding steroid dienone is 2. The van der Waals surface area contributed by atoms with Gasteiger partial charge in [0.15, 0.2) is 6.29 Å². The Morgan fingerprint density at radius 2 is 2.00 bits per heavy atom. The highest BCUT2D eigenvalue weighted by Crippen LogP contribution is 2.30. The van der Waals surface area contributed by atoms with Crippen LogP contribution in [-0.2, 0) is 4.79 Å². The topological polar surface area (TPSA) is 78.7 Å². The van der Waals surface area contributed by atoms with Gasteiger partial charge >= 0.3 is 6.18 Å². The first kappa shape index (κ1) is 14.6. The number of hydrogen-bond acceptors (Lipinski definition) is 5. The number of halogens is 3. The first-order valence-electron chi connectivity index (χ1n) is 5.71. The van der Waals surface area contributed by atoms with Crippen molar-refractivity contribution in [2.45, 2.75) is 6.18 Å². The summed E-state index contributed by atoms with van der Waals surface area (Å²) in [6.07, 6.45) is -1.71. The summed E-state index contributed by atoms with van der Waals surface area (Å²) >= 11 is 0. The fourth-order valence-electron chi connectivity index (χ4n) is 1.69. The van der Waals surface area contributed by atoms with Crippen LogP contribution in [0.2, 0.25) is 0 Å². The molecule has 0 spiro atoms. The minimum absolute atomic E-state index is 0.0355. The number of carbonyl (C=O) groups excluding carboxylic acids is 1. The summed E-state index contributed by atoms with van der Waals surface area (Å²) in [7, 11) is 0.